The van der Waals surface area contributed by atoms with Crippen molar-refractivity contribution in [2.45, 2.75) is 45.1 Å². The van der Waals surface area contributed by atoms with Crippen LogP contribution < -0.4 is 10.9 Å². The first kappa shape index (κ1) is 19.9. The predicted molar refractivity (Wildman–Crippen MR) is 101 cm³/mol. The molecule has 0 aliphatic rings. The number of hydrogen-bond donors (Lipinski definition) is 3. The molecule has 0 saturated heterocycles. The van der Waals surface area contributed by atoms with Gasteiger partial charge in [0.25, 0.3) is 0 Å². The third-order valence-corrected chi connectivity index (χ3v) is 3.88. The van der Waals surface area contributed by atoms with Gasteiger partial charge in [0.1, 0.15) is 5.78 Å². The summed E-state index contributed by atoms with van der Waals surface area (Å²) in [6.45, 7) is 4.00. The average molecular weight is 354 g/mol. The monoisotopic (exact) mass is 354 g/mol. The van der Waals surface area contributed by atoms with Gasteiger partial charge in [-0.2, -0.15) is 10.2 Å². The molecule has 0 spiro atoms. The number of Topliss-reactive ketones (excluding diaryl/α,β-unsaturated/α-hetero) is 1. The predicted octanol–water partition coefficient (Wildman–Crippen LogP) is 2.99. The minimum absolute atomic E-state index is 0.0795. The number of rotatable bonds is 10. The van der Waals surface area contributed by atoms with Crippen LogP contribution in [0.5, 0.6) is 0 Å². The van der Waals surface area contributed by atoms with Crippen LogP contribution in [0.25, 0.3) is 0 Å². The van der Waals surface area contributed by atoms with Crippen LogP contribution in [0.1, 0.15) is 31.4 Å². The summed E-state index contributed by atoms with van der Waals surface area (Å²) >= 11 is 0. The summed E-state index contributed by atoms with van der Waals surface area (Å²) in [6, 6.07) is 19.0. The van der Waals surface area contributed by atoms with Gasteiger partial charge in [0, 0.05) is 13.0 Å². The topological polar surface area (TPSA) is 86.1 Å². The van der Waals surface area contributed by atoms with Gasteiger partial charge in [-0.25, -0.2) is 5.43 Å². The summed E-state index contributed by atoms with van der Waals surface area (Å²) in [5, 5.41) is 18.5. The Morgan fingerprint density at radius 3 is 2.23 bits per heavy atom. The number of benzene rings is 2. The van der Waals surface area contributed by atoms with Crippen LogP contribution in [0.2, 0.25) is 0 Å². The number of hydrogen-bond acceptors (Lipinski definition) is 6. The van der Waals surface area contributed by atoms with E-state index in [1.165, 1.54) is 6.92 Å². The van der Waals surface area contributed by atoms with E-state index in [0.717, 1.165) is 11.1 Å². The molecule has 0 aliphatic heterocycles. The Morgan fingerprint density at radius 1 is 1.08 bits per heavy atom. The molecule has 26 heavy (non-hydrogen) atoms. The van der Waals surface area contributed by atoms with Gasteiger partial charge in [-0.15, -0.1) is 0 Å². The van der Waals surface area contributed by atoms with Crippen LogP contribution in [0, 0.1) is 0 Å². The maximum atomic E-state index is 11.9. The Kier molecular flexibility index (Phi) is 7.59. The van der Waals surface area contributed by atoms with Gasteiger partial charge in [0.05, 0.1) is 12.6 Å². The summed E-state index contributed by atoms with van der Waals surface area (Å²) in [5.41, 5.74) is 6.69. The van der Waals surface area contributed by atoms with Crippen molar-refractivity contribution in [3.05, 3.63) is 71.8 Å². The van der Waals surface area contributed by atoms with Gasteiger partial charge in [-0.3, -0.25) is 10.2 Å². The molecule has 0 saturated carbocycles. The van der Waals surface area contributed by atoms with E-state index in [4.69, 9.17) is 0 Å². The first-order valence-corrected chi connectivity index (χ1v) is 8.64. The lowest BCUT2D eigenvalue weighted by Gasteiger charge is -2.24. The van der Waals surface area contributed by atoms with Crippen molar-refractivity contribution in [3.63, 3.8) is 0 Å². The van der Waals surface area contributed by atoms with Crippen LogP contribution in [-0.2, 0) is 17.9 Å². The van der Waals surface area contributed by atoms with Gasteiger partial charge >= 0.3 is 0 Å². The van der Waals surface area contributed by atoms with Gasteiger partial charge < -0.3 is 5.11 Å². The highest BCUT2D eigenvalue weighted by molar-refractivity contribution is 5.81. The molecule has 6 nitrogen and oxygen atoms in total. The number of azo groups is 1. The molecule has 2 aromatic rings. The Morgan fingerprint density at radius 2 is 1.65 bits per heavy atom. The highest BCUT2D eigenvalue weighted by Crippen LogP contribution is 2.16. The maximum Gasteiger partial charge on any atom is 0.175 e. The van der Waals surface area contributed by atoms with Gasteiger partial charge in [0.2, 0.25) is 0 Å². The summed E-state index contributed by atoms with van der Waals surface area (Å²) in [5.74, 6) is -0.0795. The first-order chi connectivity index (χ1) is 12.5. The van der Waals surface area contributed by atoms with E-state index >= 15 is 0 Å². The number of hydrazine groups is 1. The van der Waals surface area contributed by atoms with E-state index < -0.39 is 11.8 Å². The van der Waals surface area contributed by atoms with E-state index in [2.05, 4.69) is 21.1 Å². The number of carbonyl (C=O) groups excluding carboxylic acids is 1. The zero-order valence-corrected chi connectivity index (χ0v) is 15.2. The van der Waals surface area contributed by atoms with Crippen molar-refractivity contribution in [1.29, 1.82) is 0 Å². The van der Waals surface area contributed by atoms with Crippen LogP contribution in [0.3, 0.4) is 0 Å². The Bertz CT molecular complexity index is 702. The molecule has 0 amide bonds. The molecule has 0 bridgehead atoms. The Labute approximate surface area is 154 Å². The third-order valence-electron chi connectivity index (χ3n) is 3.88. The van der Waals surface area contributed by atoms with Gasteiger partial charge in [0.15, 0.2) is 5.72 Å². The SMILES string of the molecule is CC(=O)C(CC(C)(O)N=NCc1ccccc1)NNCc1ccccc1. The summed E-state index contributed by atoms with van der Waals surface area (Å²) in [7, 11) is 0. The fraction of sp³-hybridized carbons (Fsp3) is 0.350. The second-order valence-corrected chi connectivity index (χ2v) is 6.45. The van der Waals surface area contributed by atoms with Crippen LogP contribution in [0.4, 0.5) is 0 Å². The Balaban J connectivity index is 1.85. The zero-order valence-electron chi connectivity index (χ0n) is 15.2. The summed E-state index contributed by atoms with van der Waals surface area (Å²) < 4.78 is 0. The number of ketones is 1. The van der Waals surface area contributed by atoms with E-state index in [-0.39, 0.29) is 12.2 Å². The lowest BCUT2D eigenvalue weighted by Crippen LogP contribution is -2.47. The number of nitrogens with one attached hydrogen (secondary N) is 2. The quantitative estimate of drug-likeness (QED) is 0.452. The van der Waals surface area contributed by atoms with Crippen molar-refractivity contribution < 1.29 is 9.90 Å². The average Bonchev–Trinajstić information content (AvgIpc) is 2.62. The summed E-state index contributed by atoms with van der Waals surface area (Å²) in [4.78, 5) is 11.9. The molecule has 2 aromatic carbocycles. The normalized spacial score (nSPS) is 14.9. The smallest absolute Gasteiger partial charge is 0.175 e. The van der Waals surface area contributed by atoms with Crippen molar-refractivity contribution in [2.75, 3.05) is 0 Å². The first-order valence-electron chi connectivity index (χ1n) is 8.64. The molecule has 0 aromatic heterocycles. The van der Waals surface area contributed by atoms with E-state index in [9.17, 15) is 9.90 Å². The van der Waals surface area contributed by atoms with Crippen LogP contribution in [0.15, 0.2) is 70.9 Å². The molecule has 138 valence electrons. The van der Waals surface area contributed by atoms with E-state index in [1.807, 2.05) is 60.7 Å². The van der Waals surface area contributed by atoms with E-state index in [0.29, 0.717) is 13.1 Å². The van der Waals surface area contributed by atoms with Crippen molar-refractivity contribution in [2.24, 2.45) is 10.2 Å². The molecular weight excluding hydrogens is 328 g/mol. The third kappa shape index (κ3) is 7.23. The second kappa shape index (κ2) is 9.91. The largest absolute Gasteiger partial charge is 0.368 e. The van der Waals surface area contributed by atoms with Crippen LogP contribution in [-0.4, -0.2) is 22.7 Å². The van der Waals surface area contributed by atoms with Gasteiger partial charge in [-0.1, -0.05) is 60.7 Å². The summed E-state index contributed by atoms with van der Waals surface area (Å²) in [6.07, 6.45) is 0.127. The second-order valence-electron chi connectivity index (χ2n) is 6.45. The molecule has 0 fully saturated rings. The lowest BCUT2D eigenvalue weighted by molar-refractivity contribution is -0.121. The van der Waals surface area contributed by atoms with Crippen molar-refractivity contribution in [1.82, 2.24) is 10.9 Å². The molecule has 0 aliphatic carbocycles. The van der Waals surface area contributed by atoms with Crippen molar-refractivity contribution >= 4 is 5.78 Å². The molecule has 3 N–H and O–H groups in total. The molecule has 6 heteroatoms. The van der Waals surface area contributed by atoms with Crippen molar-refractivity contribution in [3.8, 4) is 0 Å². The number of carbonyl (C=O) groups is 1. The Hall–Kier alpha value is -2.41. The number of nitrogens with zero attached hydrogens (tertiary/aromatic N) is 2. The molecule has 2 rings (SSSR count). The van der Waals surface area contributed by atoms with Gasteiger partial charge in [-0.05, 0) is 25.0 Å². The number of aliphatic hydroxyl groups is 1. The lowest BCUT2D eigenvalue weighted by atomic mass is 10.0. The fourth-order valence-corrected chi connectivity index (χ4v) is 2.45. The highest BCUT2D eigenvalue weighted by Gasteiger charge is 2.27. The zero-order chi connectivity index (χ0) is 18.8. The molecule has 0 radical (unpaired) electrons. The standard InChI is InChI=1S/C20H26N4O2/c1-16(25)19(23-21-14-17-9-5-3-6-10-17)13-20(2,26)24-22-15-18-11-7-4-8-12-18/h3-12,19,21,23,26H,13-15H2,1-2H3. The molecule has 2 unspecified atom stereocenters. The minimum atomic E-state index is -1.42. The van der Waals surface area contributed by atoms with Crippen LogP contribution >= 0.6 is 0 Å². The van der Waals surface area contributed by atoms with E-state index in [1.54, 1.807) is 6.92 Å². The fourth-order valence-electron chi connectivity index (χ4n) is 2.45. The molecule has 2 atom stereocenters. The maximum absolute atomic E-state index is 11.9. The highest BCUT2D eigenvalue weighted by atomic mass is 16.3. The minimum Gasteiger partial charge on any atom is -0.368 e. The molecular formula is C20H26N4O2. The molecule has 0 heterocycles.